The Bertz CT molecular complexity index is 1820. The summed E-state index contributed by atoms with van der Waals surface area (Å²) in [6.07, 6.45) is 0. The van der Waals surface area contributed by atoms with Crippen LogP contribution in [0.15, 0.2) is 80.7 Å². The minimum absolute atomic E-state index is 0. The normalized spacial score (nSPS) is 11.0. The summed E-state index contributed by atoms with van der Waals surface area (Å²) in [4.78, 5) is -1.65. The SMILES string of the molecule is O=S(=O)([O-])c1ccc2c(N=Nc3cc[c-]c4ccccc34)c(O)c(S(=O)(=O)[O-])cc2c1.O=S(=O)=O.[Li+].[Li+].[Li+]. The van der Waals surface area contributed by atoms with Gasteiger partial charge in [-0.1, -0.05) is 23.6 Å². The van der Waals surface area contributed by atoms with Gasteiger partial charge in [0.15, 0.2) is 5.75 Å². The molecule has 4 aromatic carbocycles. The number of fused-ring (bicyclic) bond motifs is 2. The van der Waals surface area contributed by atoms with Gasteiger partial charge >= 0.3 is 67.2 Å². The molecule has 4 aromatic rings. The molecule has 182 valence electrons. The molecule has 0 radical (unpaired) electrons. The van der Waals surface area contributed by atoms with Crippen LogP contribution in [0, 0.1) is 6.07 Å². The van der Waals surface area contributed by atoms with Gasteiger partial charge in [-0.15, -0.1) is 53.5 Å². The maximum absolute atomic E-state index is 11.6. The number of phenolic OH excluding ortho intramolecular Hbond substituents is 1. The Balaban J connectivity index is 0.00000183. The van der Waals surface area contributed by atoms with Crippen LogP contribution in [0.5, 0.6) is 5.75 Å². The molecule has 0 aliphatic carbocycles. The van der Waals surface area contributed by atoms with E-state index in [1.807, 2.05) is 6.07 Å². The Hall–Kier alpha value is -1.97. The summed E-state index contributed by atoms with van der Waals surface area (Å²) < 4.78 is 94.1. The van der Waals surface area contributed by atoms with Crippen LogP contribution >= 0.6 is 0 Å². The second kappa shape index (κ2) is 14.4. The van der Waals surface area contributed by atoms with Gasteiger partial charge in [0, 0.05) is 11.1 Å². The molecule has 0 bridgehead atoms. The first-order valence-corrected chi connectivity index (χ1v) is 12.9. The van der Waals surface area contributed by atoms with Gasteiger partial charge in [-0.3, -0.25) is 0 Å². The summed E-state index contributed by atoms with van der Waals surface area (Å²) in [6.45, 7) is 0. The van der Waals surface area contributed by atoms with Gasteiger partial charge in [0.25, 0.3) is 0 Å². The van der Waals surface area contributed by atoms with Gasteiger partial charge in [-0.2, -0.15) is 5.11 Å². The number of rotatable bonds is 4. The third-order valence-corrected chi connectivity index (χ3v) is 6.20. The fourth-order valence-corrected chi connectivity index (χ4v) is 4.21. The number of benzene rings is 4. The monoisotopic (exact) mass is 556 g/mol. The van der Waals surface area contributed by atoms with E-state index in [9.17, 15) is 31.0 Å². The van der Waals surface area contributed by atoms with Gasteiger partial charge in [-0.05, 0) is 23.6 Å². The summed E-state index contributed by atoms with van der Waals surface area (Å²) in [5.74, 6) is -0.934. The van der Waals surface area contributed by atoms with E-state index < -0.39 is 46.4 Å². The van der Waals surface area contributed by atoms with E-state index in [4.69, 9.17) is 12.6 Å². The summed E-state index contributed by atoms with van der Waals surface area (Å²) in [7, 11) is -13.1. The molecule has 0 aliphatic rings. The molecular weight excluding hydrogens is 545 g/mol. The second-order valence-electron chi connectivity index (χ2n) is 6.68. The van der Waals surface area contributed by atoms with Crippen LogP contribution < -0.4 is 56.6 Å². The number of phenols is 1. The zero-order chi connectivity index (χ0) is 26.0. The predicted molar refractivity (Wildman–Crippen MR) is 118 cm³/mol. The largest absolute Gasteiger partial charge is 1.00 e. The predicted octanol–water partition coefficient (Wildman–Crippen LogP) is -6.27. The number of azo groups is 1. The van der Waals surface area contributed by atoms with E-state index in [2.05, 4.69) is 16.3 Å². The molecule has 4 rings (SSSR count). The molecule has 0 fully saturated rings. The van der Waals surface area contributed by atoms with E-state index in [1.54, 1.807) is 30.3 Å². The number of hydrogen-bond donors (Lipinski definition) is 1. The fraction of sp³-hybridized carbons (Fsp3) is 0. The van der Waals surface area contributed by atoms with Crippen molar-refractivity contribution in [2.75, 3.05) is 0 Å². The molecule has 18 heteroatoms. The van der Waals surface area contributed by atoms with Crippen molar-refractivity contribution in [1.82, 2.24) is 0 Å². The smallest absolute Gasteiger partial charge is 0.744 e. The van der Waals surface area contributed by atoms with Crippen molar-refractivity contribution in [3.05, 3.63) is 66.7 Å². The van der Waals surface area contributed by atoms with E-state index >= 15 is 0 Å². The molecule has 0 saturated carbocycles. The van der Waals surface area contributed by atoms with Gasteiger partial charge in [0.05, 0.1) is 9.79 Å². The molecule has 0 saturated heterocycles. The Labute approximate surface area is 254 Å². The van der Waals surface area contributed by atoms with E-state index in [1.165, 1.54) is 6.07 Å². The summed E-state index contributed by atoms with van der Waals surface area (Å²) in [5.41, 5.74) is 0.0229. The van der Waals surface area contributed by atoms with E-state index in [0.29, 0.717) is 11.1 Å². The first kappa shape index (κ1) is 36.0. The molecule has 0 heterocycles. The maximum Gasteiger partial charge on any atom is 1.00 e. The Kier molecular flexibility index (Phi) is 13.7. The Morgan fingerprint density at radius 2 is 1.39 bits per heavy atom. The summed E-state index contributed by atoms with van der Waals surface area (Å²) in [6, 6.07) is 17.2. The van der Waals surface area contributed by atoms with Crippen LogP contribution in [0.4, 0.5) is 11.4 Å². The molecule has 0 atom stereocenters. The summed E-state index contributed by atoms with van der Waals surface area (Å²) >= 11 is 0. The number of nitrogens with zero attached hydrogens (tertiary/aromatic N) is 2. The Morgan fingerprint density at radius 1 is 0.789 bits per heavy atom. The fourth-order valence-electron chi connectivity index (χ4n) is 3.10. The number of aromatic hydroxyl groups is 1. The molecule has 38 heavy (non-hydrogen) atoms. The van der Waals surface area contributed by atoms with Gasteiger partial charge in [-0.25, -0.2) is 16.8 Å². The van der Waals surface area contributed by atoms with Crippen LogP contribution in [0.1, 0.15) is 0 Å². The van der Waals surface area contributed by atoms with E-state index in [-0.39, 0.29) is 73.0 Å². The minimum Gasteiger partial charge on any atom is -0.744 e. The van der Waals surface area contributed by atoms with Crippen molar-refractivity contribution in [3.8, 4) is 5.75 Å². The second-order valence-corrected chi connectivity index (χ2v) is 9.81. The molecular formula is C20H11Li3N2O10S3. The van der Waals surface area contributed by atoms with Crippen molar-refractivity contribution in [2.24, 2.45) is 10.2 Å². The third-order valence-electron chi connectivity index (χ3n) is 4.52. The van der Waals surface area contributed by atoms with Crippen LogP contribution in [-0.4, -0.2) is 43.7 Å². The van der Waals surface area contributed by atoms with Crippen LogP contribution in [-0.2, 0) is 30.8 Å². The minimum atomic E-state index is -5.15. The van der Waals surface area contributed by atoms with Crippen molar-refractivity contribution in [2.45, 2.75) is 9.79 Å². The van der Waals surface area contributed by atoms with E-state index in [0.717, 1.165) is 23.6 Å². The zero-order valence-electron chi connectivity index (χ0n) is 20.0. The molecule has 1 N–H and O–H groups in total. The van der Waals surface area contributed by atoms with Crippen LogP contribution in [0.25, 0.3) is 21.5 Å². The van der Waals surface area contributed by atoms with Crippen LogP contribution in [0.2, 0.25) is 0 Å². The Morgan fingerprint density at radius 3 is 1.97 bits per heavy atom. The van der Waals surface area contributed by atoms with Crippen molar-refractivity contribution in [1.29, 1.82) is 0 Å². The van der Waals surface area contributed by atoms with Gasteiger partial charge in [0.1, 0.15) is 25.9 Å². The average molecular weight is 556 g/mol. The van der Waals surface area contributed by atoms with Crippen molar-refractivity contribution >= 4 is 63.8 Å². The topological polar surface area (TPSA) is 211 Å². The average Bonchev–Trinajstić information content (AvgIpc) is 2.76. The standard InChI is InChI=1S/C20H13N2O7S2.3Li.O3S/c23-20-18(31(27,28)29)11-13-10-14(30(24,25)26)8-9-16(13)19(20)22-21-17-7-3-5-12-4-1-2-6-15(12)17;;;;1-4(2)3/h1-4,6-11,23H,(H,24,25,26)(H,27,28,29);;;;/q-1;3*+1;/p-2. The van der Waals surface area contributed by atoms with Crippen LogP contribution in [0.3, 0.4) is 0 Å². The molecule has 0 aliphatic heterocycles. The van der Waals surface area contributed by atoms with Gasteiger partial charge < -0.3 is 14.2 Å². The summed E-state index contributed by atoms with van der Waals surface area (Å²) in [5, 5.41) is 19.9. The first-order chi connectivity index (χ1) is 16.3. The maximum atomic E-state index is 11.6. The quantitative estimate of drug-likeness (QED) is 0.109. The molecule has 0 amide bonds. The van der Waals surface area contributed by atoms with Crippen molar-refractivity contribution < 1.29 is 100 Å². The molecule has 0 spiro atoms. The molecule has 0 unspecified atom stereocenters. The number of hydrogen-bond acceptors (Lipinski definition) is 12. The van der Waals surface area contributed by atoms with Crippen molar-refractivity contribution in [3.63, 3.8) is 0 Å². The van der Waals surface area contributed by atoms with Gasteiger partial charge in [0.2, 0.25) is 0 Å². The third kappa shape index (κ3) is 8.78. The molecule has 0 aromatic heterocycles. The molecule has 12 nitrogen and oxygen atoms in total. The first-order valence-electron chi connectivity index (χ1n) is 9.08. The zero-order valence-corrected chi connectivity index (χ0v) is 22.5.